The van der Waals surface area contributed by atoms with Gasteiger partial charge in [0.2, 0.25) is 5.89 Å². The van der Waals surface area contributed by atoms with E-state index < -0.39 is 0 Å². The molecule has 1 aromatic heterocycles. The van der Waals surface area contributed by atoms with Crippen LogP contribution >= 0.6 is 0 Å². The van der Waals surface area contributed by atoms with Crippen LogP contribution in [0.15, 0.2) is 28.8 Å². The number of carbonyl (C=O) groups excluding carboxylic acids is 1. The summed E-state index contributed by atoms with van der Waals surface area (Å²) in [5.74, 6) is 1.70. The van der Waals surface area contributed by atoms with Crippen LogP contribution in [0.25, 0.3) is 0 Å². The van der Waals surface area contributed by atoms with Crippen molar-refractivity contribution >= 4 is 5.91 Å². The van der Waals surface area contributed by atoms with Crippen LogP contribution in [0, 0.1) is 5.82 Å². The van der Waals surface area contributed by atoms with Gasteiger partial charge in [0.1, 0.15) is 17.6 Å². The third-order valence-electron chi connectivity index (χ3n) is 4.43. The van der Waals surface area contributed by atoms with E-state index >= 15 is 0 Å². The molecule has 2 aromatic rings. The number of halogens is 1. The fourth-order valence-corrected chi connectivity index (χ4v) is 2.97. The van der Waals surface area contributed by atoms with Gasteiger partial charge in [-0.2, -0.15) is 4.98 Å². The molecule has 1 aliphatic carbocycles. The van der Waals surface area contributed by atoms with E-state index in [0.29, 0.717) is 24.1 Å². The summed E-state index contributed by atoms with van der Waals surface area (Å²) in [6.45, 7) is 0.559. The highest BCUT2D eigenvalue weighted by molar-refractivity contribution is 5.78. The molecule has 24 heavy (non-hydrogen) atoms. The number of ether oxygens (including phenoxy) is 1. The zero-order valence-corrected chi connectivity index (χ0v) is 13.2. The van der Waals surface area contributed by atoms with Crippen molar-refractivity contribution in [3.63, 3.8) is 0 Å². The van der Waals surface area contributed by atoms with Gasteiger partial charge in [-0.3, -0.25) is 4.79 Å². The maximum atomic E-state index is 12.9. The fourth-order valence-electron chi connectivity index (χ4n) is 2.97. The molecule has 0 bridgehead atoms. The number of hydrogen-bond acceptors (Lipinski definition) is 5. The fraction of sp³-hybridized carbons (Fsp3) is 0.471. The largest absolute Gasteiger partial charge is 0.484 e. The van der Waals surface area contributed by atoms with Crippen LogP contribution in [0.3, 0.4) is 0 Å². The standard InChI is InChI=1S/C17H18FN3O3/c18-12-5-7-13(8-6-12)23-10-15(22)21-9-1-2-14(21)17-19-16(20-24-17)11-3-4-11/h5-8,11,14H,1-4,9-10H2. The molecule has 0 spiro atoms. The number of benzene rings is 1. The number of likely N-dealkylation sites (tertiary alicyclic amines) is 1. The van der Waals surface area contributed by atoms with E-state index in [1.165, 1.54) is 24.3 Å². The lowest BCUT2D eigenvalue weighted by Crippen LogP contribution is -2.34. The van der Waals surface area contributed by atoms with Crippen molar-refractivity contribution in [1.29, 1.82) is 0 Å². The Labute approximate surface area is 138 Å². The molecule has 1 aromatic carbocycles. The highest BCUT2D eigenvalue weighted by Crippen LogP contribution is 2.39. The monoisotopic (exact) mass is 331 g/mol. The number of amides is 1. The van der Waals surface area contributed by atoms with E-state index in [4.69, 9.17) is 9.26 Å². The second-order valence-corrected chi connectivity index (χ2v) is 6.25. The summed E-state index contributed by atoms with van der Waals surface area (Å²) in [5, 5.41) is 4.03. The Morgan fingerprint density at radius 3 is 2.83 bits per heavy atom. The first kappa shape index (κ1) is 15.1. The summed E-state index contributed by atoms with van der Waals surface area (Å²) < 4.78 is 23.7. The number of hydrogen-bond donors (Lipinski definition) is 0. The Hall–Kier alpha value is -2.44. The number of rotatable bonds is 5. The summed E-state index contributed by atoms with van der Waals surface area (Å²) in [4.78, 5) is 18.6. The lowest BCUT2D eigenvalue weighted by atomic mass is 10.2. The molecule has 1 saturated carbocycles. The lowest BCUT2D eigenvalue weighted by molar-refractivity contribution is -0.134. The predicted octanol–water partition coefficient (Wildman–Crippen LogP) is 2.83. The quantitative estimate of drug-likeness (QED) is 0.843. The van der Waals surface area contributed by atoms with Gasteiger partial charge in [-0.15, -0.1) is 0 Å². The van der Waals surface area contributed by atoms with Crippen LogP contribution in [0.4, 0.5) is 4.39 Å². The maximum absolute atomic E-state index is 12.9. The van der Waals surface area contributed by atoms with Crippen LogP contribution in [0.1, 0.15) is 49.4 Å². The molecular weight excluding hydrogens is 313 g/mol. The van der Waals surface area contributed by atoms with Crippen LogP contribution < -0.4 is 4.74 Å². The van der Waals surface area contributed by atoms with Gasteiger partial charge in [-0.1, -0.05) is 5.16 Å². The molecule has 2 fully saturated rings. The third-order valence-corrected chi connectivity index (χ3v) is 4.43. The van der Waals surface area contributed by atoms with E-state index in [1.807, 2.05) is 0 Å². The molecule has 2 aliphatic rings. The zero-order valence-electron chi connectivity index (χ0n) is 13.2. The third kappa shape index (κ3) is 3.11. The minimum absolute atomic E-state index is 0.0915. The van der Waals surface area contributed by atoms with Gasteiger partial charge < -0.3 is 14.2 Å². The Balaban J connectivity index is 1.39. The van der Waals surface area contributed by atoms with Crippen molar-refractivity contribution < 1.29 is 18.4 Å². The Morgan fingerprint density at radius 2 is 2.08 bits per heavy atom. The smallest absolute Gasteiger partial charge is 0.261 e. The van der Waals surface area contributed by atoms with E-state index in [2.05, 4.69) is 10.1 Å². The Kier molecular flexibility index (Phi) is 3.92. The van der Waals surface area contributed by atoms with Crippen molar-refractivity contribution in [3.8, 4) is 5.75 Å². The lowest BCUT2D eigenvalue weighted by Gasteiger charge is -2.21. The summed E-state index contributed by atoms with van der Waals surface area (Å²) in [7, 11) is 0. The van der Waals surface area contributed by atoms with Crippen molar-refractivity contribution in [2.45, 2.75) is 37.6 Å². The van der Waals surface area contributed by atoms with Crippen molar-refractivity contribution in [1.82, 2.24) is 15.0 Å². The Morgan fingerprint density at radius 1 is 1.29 bits per heavy atom. The van der Waals surface area contributed by atoms with Gasteiger partial charge in [-0.25, -0.2) is 4.39 Å². The van der Waals surface area contributed by atoms with E-state index in [0.717, 1.165) is 31.5 Å². The van der Waals surface area contributed by atoms with Gasteiger partial charge in [0, 0.05) is 12.5 Å². The topological polar surface area (TPSA) is 68.5 Å². The molecule has 1 unspecified atom stereocenters. The van der Waals surface area contributed by atoms with Crippen molar-refractivity contribution in [3.05, 3.63) is 41.8 Å². The van der Waals surface area contributed by atoms with Gasteiger partial charge in [0.05, 0.1) is 0 Å². The predicted molar refractivity (Wildman–Crippen MR) is 81.9 cm³/mol. The molecule has 2 heterocycles. The van der Waals surface area contributed by atoms with Gasteiger partial charge >= 0.3 is 0 Å². The average molecular weight is 331 g/mol. The molecule has 4 rings (SSSR count). The molecule has 6 nitrogen and oxygen atoms in total. The zero-order chi connectivity index (χ0) is 16.5. The molecule has 7 heteroatoms. The number of carbonyl (C=O) groups is 1. The number of aromatic nitrogens is 2. The minimum Gasteiger partial charge on any atom is -0.484 e. The van der Waals surface area contributed by atoms with Crippen LogP contribution in [-0.2, 0) is 4.79 Å². The number of nitrogens with zero attached hydrogens (tertiary/aromatic N) is 3. The maximum Gasteiger partial charge on any atom is 0.261 e. The van der Waals surface area contributed by atoms with Gasteiger partial charge in [0.15, 0.2) is 12.4 Å². The summed E-state index contributed by atoms with van der Waals surface area (Å²) in [6, 6.07) is 5.44. The minimum atomic E-state index is -0.337. The van der Waals surface area contributed by atoms with Crippen LogP contribution in [0.5, 0.6) is 5.75 Å². The average Bonchev–Trinajstić information content (AvgIpc) is 3.12. The summed E-state index contributed by atoms with van der Waals surface area (Å²) in [5.41, 5.74) is 0. The normalized spacial score (nSPS) is 20.4. The Bertz CT molecular complexity index is 727. The molecule has 1 amide bonds. The molecule has 1 aliphatic heterocycles. The molecule has 126 valence electrons. The van der Waals surface area contributed by atoms with E-state index in [9.17, 15) is 9.18 Å². The molecule has 0 radical (unpaired) electrons. The van der Waals surface area contributed by atoms with Crippen LogP contribution in [0.2, 0.25) is 0 Å². The van der Waals surface area contributed by atoms with E-state index in [1.54, 1.807) is 4.90 Å². The second kappa shape index (κ2) is 6.22. The summed E-state index contributed by atoms with van der Waals surface area (Å²) in [6.07, 6.45) is 3.93. The first-order valence-corrected chi connectivity index (χ1v) is 8.22. The molecule has 0 N–H and O–H groups in total. The SMILES string of the molecule is O=C(COc1ccc(F)cc1)N1CCCC1c1nc(C2CC2)no1. The molecular formula is C17H18FN3O3. The van der Waals surface area contributed by atoms with Crippen LogP contribution in [-0.4, -0.2) is 34.1 Å². The van der Waals surface area contributed by atoms with Gasteiger partial charge in [-0.05, 0) is 49.9 Å². The highest BCUT2D eigenvalue weighted by Gasteiger charge is 2.36. The molecule has 1 atom stereocenters. The summed E-state index contributed by atoms with van der Waals surface area (Å²) >= 11 is 0. The highest BCUT2D eigenvalue weighted by atomic mass is 19.1. The first-order chi connectivity index (χ1) is 11.7. The van der Waals surface area contributed by atoms with Crippen molar-refractivity contribution in [2.75, 3.05) is 13.2 Å². The molecule has 1 saturated heterocycles. The van der Waals surface area contributed by atoms with E-state index in [-0.39, 0.29) is 24.4 Å². The van der Waals surface area contributed by atoms with Crippen molar-refractivity contribution in [2.24, 2.45) is 0 Å². The second-order valence-electron chi connectivity index (χ2n) is 6.25. The first-order valence-electron chi connectivity index (χ1n) is 8.22. The van der Waals surface area contributed by atoms with Gasteiger partial charge in [0.25, 0.3) is 5.91 Å².